The van der Waals surface area contributed by atoms with Crippen LogP contribution in [0.1, 0.15) is 23.0 Å². The van der Waals surface area contributed by atoms with E-state index in [1.807, 2.05) is 12.3 Å². The molecular weight excluding hydrogens is 585 g/mol. The predicted octanol–water partition coefficient (Wildman–Crippen LogP) is 11.8. The van der Waals surface area contributed by atoms with E-state index in [1.54, 1.807) is 0 Å². The number of rotatable bonds is 7. The molecule has 0 fully saturated rings. The third-order valence-electron chi connectivity index (χ3n) is 9.08. The smallest absolute Gasteiger partial charge is 0.147 e. The summed E-state index contributed by atoms with van der Waals surface area (Å²) in [5, 5.41) is 3.68. The van der Waals surface area contributed by atoms with Crippen LogP contribution < -0.4 is 15.1 Å². The fourth-order valence-electron chi connectivity index (χ4n) is 6.47. The summed E-state index contributed by atoms with van der Waals surface area (Å²) in [4.78, 5) is 9.58. The van der Waals surface area contributed by atoms with Gasteiger partial charge in [0.15, 0.2) is 0 Å². The van der Waals surface area contributed by atoms with Crippen LogP contribution in [0.15, 0.2) is 170 Å². The van der Waals surface area contributed by atoms with Crippen molar-refractivity contribution < 1.29 is 0 Å². The van der Waals surface area contributed by atoms with Crippen LogP contribution >= 0.6 is 0 Å². The first-order valence-corrected chi connectivity index (χ1v) is 16.4. The quantitative estimate of drug-likeness (QED) is 0.192. The molecule has 8 rings (SSSR count). The summed E-state index contributed by atoms with van der Waals surface area (Å²) in [5.41, 5.74) is 14.9. The van der Waals surface area contributed by atoms with Crippen LogP contribution in [0.2, 0.25) is 0 Å². The molecule has 0 amide bonds. The topological polar surface area (TPSA) is 31.4 Å². The van der Waals surface area contributed by atoms with Gasteiger partial charge in [0.05, 0.1) is 17.1 Å². The van der Waals surface area contributed by atoms with Gasteiger partial charge in [0, 0.05) is 34.5 Å². The van der Waals surface area contributed by atoms with Gasteiger partial charge in [-0.1, -0.05) is 108 Å². The van der Waals surface area contributed by atoms with Gasteiger partial charge >= 0.3 is 0 Å². The fourth-order valence-corrected chi connectivity index (χ4v) is 6.47. The SMILES string of the molecule is Cc1ccc(N(c2ccc(C)cc2)c2ccc(-c3ccc(-c4ccc(C5Nc6ccccc6N5c5ccccc5)nc4)cc3)cc2)cc1. The first-order valence-electron chi connectivity index (χ1n) is 16.4. The summed E-state index contributed by atoms with van der Waals surface area (Å²) in [5.74, 6) is 0. The molecule has 1 N–H and O–H groups in total. The van der Waals surface area contributed by atoms with Gasteiger partial charge in [-0.2, -0.15) is 0 Å². The second kappa shape index (κ2) is 12.6. The maximum atomic E-state index is 4.95. The third kappa shape index (κ3) is 5.69. The molecular formula is C44H36N4. The van der Waals surface area contributed by atoms with Gasteiger partial charge in [0.2, 0.25) is 0 Å². The second-order valence-corrected chi connectivity index (χ2v) is 12.4. The molecule has 7 aromatic rings. The number of para-hydroxylation sites is 3. The molecule has 232 valence electrons. The molecule has 0 aliphatic carbocycles. The van der Waals surface area contributed by atoms with Gasteiger partial charge in [-0.25, -0.2) is 0 Å². The highest BCUT2D eigenvalue weighted by Gasteiger charge is 2.31. The summed E-state index contributed by atoms with van der Waals surface area (Å²) < 4.78 is 0. The van der Waals surface area contributed by atoms with Crippen molar-refractivity contribution in [2.24, 2.45) is 0 Å². The Bertz CT molecular complexity index is 2090. The zero-order valence-electron chi connectivity index (χ0n) is 27.1. The van der Waals surface area contributed by atoms with Gasteiger partial charge < -0.3 is 15.1 Å². The number of aryl methyl sites for hydroxylation is 2. The highest BCUT2D eigenvalue weighted by Crippen LogP contribution is 2.45. The van der Waals surface area contributed by atoms with E-state index in [4.69, 9.17) is 4.98 Å². The molecule has 1 aliphatic rings. The maximum Gasteiger partial charge on any atom is 0.147 e. The van der Waals surface area contributed by atoms with E-state index < -0.39 is 0 Å². The van der Waals surface area contributed by atoms with Crippen molar-refractivity contribution in [3.8, 4) is 22.3 Å². The number of hydrogen-bond donors (Lipinski definition) is 1. The van der Waals surface area contributed by atoms with Crippen LogP contribution in [0.25, 0.3) is 22.3 Å². The fraction of sp³-hybridized carbons (Fsp3) is 0.0682. The van der Waals surface area contributed by atoms with Crippen molar-refractivity contribution in [2.75, 3.05) is 15.1 Å². The third-order valence-corrected chi connectivity index (χ3v) is 9.08. The normalized spacial score (nSPS) is 13.5. The number of benzene rings is 6. The summed E-state index contributed by atoms with van der Waals surface area (Å²) in [7, 11) is 0. The lowest BCUT2D eigenvalue weighted by Gasteiger charge is -2.26. The first-order chi connectivity index (χ1) is 23.6. The minimum absolute atomic E-state index is 0.0860. The van der Waals surface area contributed by atoms with Gasteiger partial charge in [0.1, 0.15) is 6.17 Å². The Balaban J connectivity index is 1.02. The second-order valence-electron chi connectivity index (χ2n) is 12.4. The van der Waals surface area contributed by atoms with Crippen molar-refractivity contribution in [2.45, 2.75) is 20.0 Å². The van der Waals surface area contributed by atoms with Gasteiger partial charge in [-0.05, 0) is 97.3 Å². The Labute approximate surface area is 282 Å². The Morgan fingerprint density at radius 3 is 1.54 bits per heavy atom. The van der Waals surface area contributed by atoms with Crippen molar-refractivity contribution in [1.82, 2.24) is 4.98 Å². The van der Waals surface area contributed by atoms with Crippen LogP contribution in [0, 0.1) is 13.8 Å². The molecule has 0 saturated carbocycles. The molecule has 48 heavy (non-hydrogen) atoms. The van der Waals surface area contributed by atoms with E-state index in [-0.39, 0.29) is 6.17 Å². The van der Waals surface area contributed by atoms with Crippen LogP contribution in [-0.2, 0) is 0 Å². The number of pyridine rings is 1. The number of nitrogens with one attached hydrogen (secondary N) is 1. The van der Waals surface area contributed by atoms with E-state index in [9.17, 15) is 0 Å². The first kappa shape index (κ1) is 29.3. The molecule has 0 bridgehead atoms. The molecule has 2 heterocycles. The van der Waals surface area contributed by atoms with E-state index in [2.05, 4.69) is 187 Å². The lowest BCUT2D eigenvalue weighted by Crippen LogP contribution is -2.24. The zero-order chi connectivity index (χ0) is 32.5. The Morgan fingerprint density at radius 1 is 0.500 bits per heavy atom. The molecule has 0 spiro atoms. The van der Waals surface area contributed by atoms with E-state index >= 15 is 0 Å². The molecule has 0 saturated heterocycles. The van der Waals surface area contributed by atoms with Crippen molar-refractivity contribution in [1.29, 1.82) is 0 Å². The van der Waals surface area contributed by atoms with Crippen molar-refractivity contribution >= 4 is 34.1 Å². The predicted molar refractivity (Wildman–Crippen MR) is 201 cm³/mol. The molecule has 0 radical (unpaired) electrons. The molecule has 1 aromatic heterocycles. The van der Waals surface area contributed by atoms with Crippen LogP contribution in [0.5, 0.6) is 0 Å². The highest BCUT2D eigenvalue weighted by atomic mass is 15.3. The molecule has 1 aliphatic heterocycles. The van der Waals surface area contributed by atoms with E-state index in [0.717, 1.165) is 50.9 Å². The number of anilines is 6. The highest BCUT2D eigenvalue weighted by molar-refractivity contribution is 5.83. The summed E-state index contributed by atoms with van der Waals surface area (Å²) in [6.45, 7) is 4.25. The Kier molecular flexibility index (Phi) is 7.67. The summed E-state index contributed by atoms with van der Waals surface area (Å²) in [6, 6.07) is 58.2. The summed E-state index contributed by atoms with van der Waals surface area (Å²) in [6.07, 6.45) is 1.90. The van der Waals surface area contributed by atoms with Gasteiger partial charge in [0.25, 0.3) is 0 Å². The van der Waals surface area contributed by atoms with Gasteiger partial charge in [-0.3, -0.25) is 4.98 Å². The van der Waals surface area contributed by atoms with Crippen molar-refractivity contribution in [3.05, 3.63) is 187 Å². The molecule has 6 aromatic carbocycles. The monoisotopic (exact) mass is 620 g/mol. The molecule has 1 unspecified atom stereocenters. The lowest BCUT2D eigenvalue weighted by molar-refractivity contribution is 0.793. The number of aromatic nitrogens is 1. The molecule has 4 heteroatoms. The number of hydrogen-bond acceptors (Lipinski definition) is 4. The number of nitrogens with zero attached hydrogens (tertiary/aromatic N) is 3. The average Bonchev–Trinajstić information content (AvgIpc) is 3.54. The summed E-state index contributed by atoms with van der Waals surface area (Å²) >= 11 is 0. The van der Waals surface area contributed by atoms with Crippen LogP contribution in [0.3, 0.4) is 0 Å². The Hall–Kier alpha value is -6.13. The van der Waals surface area contributed by atoms with E-state index in [0.29, 0.717) is 0 Å². The van der Waals surface area contributed by atoms with Gasteiger partial charge in [-0.15, -0.1) is 0 Å². The largest absolute Gasteiger partial charge is 0.358 e. The lowest BCUT2D eigenvalue weighted by atomic mass is 10.0. The van der Waals surface area contributed by atoms with Crippen molar-refractivity contribution in [3.63, 3.8) is 0 Å². The number of fused-ring (bicyclic) bond motifs is 1. The standard InChI is InChI=1S/C44H36N4/c1-31-12-23-38(24-13-31)47(39-25-14-32(2)15-26-39)40-27-20-34(21-28-40)33-16-18-35(19-17-33)36-22-29-42(45-30-36)44-46-41-10-6-7-11-43(41)48(44)37-8-4-3-5-9-37/h3-30,44,46H,1-2H3. The van der Waals surface area contributed by atoms with Crippen LogP contribution in [0.4, 0.5) is 34.1 Å². The maximum absolute atomic E-state index is 4.95. The molecule has 1 atom stereocenters. The minimum Gasteiger partial charge on any atom is -0.358 e. The Morgan fingerprint density at radius 2 is 0.979 bits per heavy atom. The molecule has 4 nitrogen and oxygen atoms in total. The zero-order valence-corrected chi connectivity index (χ0v) is 27.1. The van der Waals surface area contributed by atoms with Crippen LogP contribution in [-0.4, -0.2) is 4.98 Å². The average molecular weight is 621 g/mol. The van der Waals surface area contributed by atoms with E-state index in [1.165, 1.54) is 22.3 Å². The minimum atomic E-state index is -0.0860.